The van der Waals surface area contributed by atoms with Crippen molar-refractivity contribution in [2.75, 3.05) is 19.0 Å². The van der Waals surface area contributed by atoms with Crippen LogP contribution in [0, 0.1) is 0 Å². The topological polar surface area (TPSA) is 103 Å². The van der Waals surface area contributed by atoms with E-state index in [0.29, 0.717) is 24.4 Å². The molecule has 3 aromatic rings. The van der Waals surface area contributed by atoms with Crippen LogP contribution in [0.4, 0.5) is 5.82 Å². The van der Waals surface area contributed by atoms with Crippen LogP contribution in [0.2, 0.25) is 0 Å². The molecular weight excluding hydrogens is 342 g/mol. The fourth-order valence-corrected chi connectivity index (χ4v) is 3.44. The van der Waals surface area contributed by atoms with Gasteiger partial charge in [-0.2, -0.15) is 0 Å². The first-order valence-corrected chi connectivity index (χ1v) is 9.38. The number of hydrogen-bond donors (Lipinski definition) is 2. The van der Waals surface area contributed by atoms with Crippen molar-refractivity contribution in [3.63, 3.8) is 0 Å². The molecule has 1 fully saturated rings. The minimum absolute atomic E-state index is 0.297. The lowest BCUT2D eigenvalue weighted by molar-refractivity contribution is 0.177. The Kier molecular flexibility index (Phi) is 5.26. The summed E-state index contributed by atoms with van der Waals surface area (Å²) >= 11 is 0. The molecule has 0 bridgehead atoms. The SMILES string of the molecule is COCc1nc(NCCCc2nnc3ccccn23)cc(C2CC(N)C2)n1. The second-order valence-electron chi connectivity index (χ2n) is 7.03. The molecule has 4 rings (SSSR count). The van der Waals surface area contributed by atoms with Crippen LogP contribution in [0.3, 0.4) is 0 Å². The molecule has 0 atom stereocenters. The second kappa shape index (κ2) is 7.98. The summed E-state index contributed by atoms with van der Waals surface area (Å²) in [6, 6.07) is 8.26. The molecule has 8 nitrogen and oxygen atoms in total. The van der Waals surface area contributed by atoms with Gasteiger partial charge in [0.1, 0.15) is 18.2 Å². The van der Waals surface area contributed by atoms with Crippen molar-refractivity contribution >= 4 is 11.5 Å². The number of pyridine rings is 1. The zero-order valence-electron chi connectivity index (χ0n) is 15.5. The van der Waals surface area contributed by atoms with E-state index in [1.54, 1.807) is 7.11 Å². The molecule has 0 amide bonds. The highest BCUT2D eigenvalue weighted by Crippen LogP contribution is 2.35. The van der Waals surface area contributed by atoms with Crippen LogP contribution in [0.1, 0.15) is 42.5 Å². The Morgan fingerprint density at radius 3 is 2.96 bits per heavy atom. The predicted molar refractivity (Wildman–Crippen MR) is 102 cm³/mol. The fourth-order valence-electron chi connectivity index (χ4n) is 3.44. The molecule has 0 saturated heterocycles. The Balaban J connectivity index is 1.37. The Morgan fingerprint density at radius 2 is 2.15 bits per heavy atom. The minimum Gasteiger partial charge on any atom is -0.377 e. The summed E-state index contributed by atoms with van der Waals surface area (Å²) in [6.45, 7) is 1.21. The third kappa shape index (κ3) is 4.06. The van der Waals surface area contributed by atoms with E-state index in [2.05, 4.69) is 25.5 Å². The van der Waals surface area contributed by atoms with Gasteiger partial charge in [0.05, 0.1) is 0 Å². The van der Waals surface area contributed by atoms with Crippen molar-refractivity contribution < 1.29 is 4.74 Å². The van der Waals surface area contributed by atoms with E-state index in [0.717, 1.165) is 55.2 Å². The van der Waals surface area contributed by atoms with Gasteiger partial charge in [0.2, 0.25) is 0 Å². The highest BCUT2D eigenvalue weighted by molar-refractivity contribution is 5.38. The summed E-state index contributed by atoms with van der Waals surface area (Å²) in [5.41, 5.74) is 7.87. The number of ether oxygens (including phenoxy) is 1. The number of rotatable bonds is 8. The number of nitrogens with zero attached hydrogens (tertiary/aromatic N) is 5. The van der Waals surface area contributed by atoms with Gasteiger partial charge < -0.3 is 15.8 Å². The van der Waals surface area contributed by atoms with Crippen LogP contribution in [0.5, 0.6) is 0 Å². The molecule has 3 N–H and O–H groups in total. The van der Waals surface area contributed by atoms with Gasteiger partial charge in [0.25, 0.3) is 0 Å². The van der Waals surface area contributed by atoms with E-state index in [9.17, 15) is 0 Å². The van der Waals surface area contributed by atoms with Crippen LogP contribution < -0.4 is 11.1 Å². The first kappa shape index (κ1) is 17.8. The maximum Gasteiger partial charge on any atom is 0.160 e. The fraction of sp³-hybridized carbons (Fsp3) is 0.474. The maximum absolute atomic E-state index is 5.93. The molecule has 8 heteroatoms. The lowest BCUT2D eigenvalue weighted by Crippen LogP contribution is -2.35. The minimum atomic E-state index is 0.297. The Labute approximate surface area is 158 Å². The van der Waals surface area contributed by atoms with E-state index in [-0.39, 0.29) is 0 Å². The van der Waals surface area contributed by atoms with Crippen LogP contribution in [0.25, 0.3) is 5.65 Å². The molecule has 3 aromatic heterocycles. The molecule has 27 heavy (non-hydrogen) atoms. The molecule has 3 heterocycles. The first-order chi connectivity index (χ1) is 13.2. The number of fused-ring (bicyclic) bond motifs is 1. The van der Waals surface area contributed by atoms with Gasteiger partial charge in [-0.25, -0.2) is 9.97 Å². The lowest BCUT2D eigenvalue weighted by Gasteiger charge is -2.32. The van der Waals surface area contributed by atoms with Crippen molar-refractivity contribution in [1.82, 2.24) is 24.6 Å². The van der Waals surface area contributed by atoms with Gasteiger partial charge in [0.15, 0.2) is 11.5 Å². The third-order valence-corrected chi connectivity index (χ3v) is 4.93. The van der Waals surface area contributed by atoms with Crippen LogP contribution in [-0.4, -0.2) is 44.3 Å². The highest BCUT2D eigenvalue weighted by atomic mass is 16.5. The molecule has 0 spiro atoms. The summed E-state index contributed by atoms with van der Waals surface area (Å²) in [7, 11) is 1.66. The Bertz CT molecular complexity index is 904. The highest BCUT2D eigenvalue weighted by Gasteiger charge is 2.29. The standard InChI is InChI=1S/C19H25N7O/c1-27-12-17-22-15(13-9-14(20)10-13)11-16(23-17)21-7-4-6-19-25-24-18-5-2-3-8-26(18)19/h2-3,5,8,11,13-14H,4,6-7,9-10,12,20H2,1H3,(H,21,22,23). The largest absolute Gasteiger partial charge is 0.377 e. The number of nitrogens with one attached hydrogen (secondary N) is 1. The molecule has 0 aliphatic heterocycles. The normalized spacial score (nSPS) is 19.2. The summed E-state index contributed by atoms with van der Waals surface area (Å²) in [5.74, 6) is 2.96. The van der Waals surface area contributed by atoms with Crippen molar-refractivity contribution in [3.8, 4) is 0 Å². The monoisotopic (exact) mass is 367 g/mol. The van der Waals surface area contributed by atoms with Crippen LogP contribution >= 0.6 is 0 Å². The summed E-state index contributed by atoms with van der Waals surface area (Å²) in [4.78, 5) is 9.19. The van der Waals surface area contributed by atoms with Crippen LogP contribution in [0.15, 0.2) is 30.5 Å². The number of methoxy groups -OCH3 is 1. The molecule has 0 aromatic carbocycles. The number of nitrogens with two attached hydrogens (primary N) is 1. The molecule has 1 saturated carbocycles. The van der Waals surface area contributed by atoms with Crippen molar-refractivity contribution in [2.45, 2.75) is 44.2 Å². The maximum atomic E-state index is 5.93. The molecule has 1 aliphatic carbocycles. The van der Waals surface area contributed by atoms with Crippen molar-refractivity contribution in [1.29, 1.82) is 0 Å². The van der Waals surface area contributed by atoms with Gasteiger partial charge in [-0.1, -0.05) is 6.07 Å². The van der Waals surface area contributed by atoms with E-state index in [1.807, 2.05) is 34.9 Å². The van der Waals surface area contributed by atoms with Gasteiger partial charge in [-0.15, -0.1) is 10.2 Å². The van der Waals surface area contributed by atoms with E-state index in [1.165, 1.54) is 0 Å². The van der Waals surface area contributed by atoms with Gasteiger partial charge in [0, 0.05) is 50.0 Å². The predicted octanol–water partition coefficient (Wildman–Crippen LogP) is 1.92. The molecule has 0 radical (unpaired) electrons. The zero-order valence-corrected chi connectivity index (χ0v) is 15.5. The van der Waals surface area contributed by atoms with E-state index < -0.39 is 0 Å². The number of aromatic nitrogens is 5. The van der Waals surface area contributed by atoms with E-state index in [4.69, 9.17) is 10.5 Å². The average molecular weight is 367 g/mol. The summed E-state index contributed by atoms with van der Waals surface area (Å²) in [6.07, 6.45) is 5.75. The Morgan fingerprint density at radius 1 is 1.26 bits per heavy atom. The lowest BCUT2D eigenvalue weighted by atomic mass is 9.78. The van der Waals surface area contributed by atoms with E-state index >= 15 is 0 Å². The Hall–Kier alpha value is -2.58. The molecule has 142 valence electrons. The number of aryl methyl sites for hydroxylation is 1. The number of hydrogen-bond acceptors (Lipinski definition) is 7. The summed E-state index contributed by atoms with van der Waals surface area (Å²) < 4.78 is 7.24. The third-order valence-electron chi connectivity index (χ3n) is 4.93. The smallest absolute Gasteiger partial charge is 0.160 e. The zero-order chi connectivity index (χ0) is 18.6. The molecular formula is C19H25N7O. The summed E-state index contributed by atoms with van der Waals surface area (Å²) in [5, 5.41) is 11.9. The average Bonchev–Trinajstić information content (AvgIpc) is 3.06. The number of anilines is 1. The van der Waals surface area contributed by atoms with Gasteiger partial charge in [-0.05, 0) is 31.4 Å². The molecule has 1 aliphatic rings. The second-order valence-corrected chi connectivity index (χ2v) is 7.03. The van der Waals surface area contributed by atoms with Crippen molar-refractivity contribution in [3.05, 3.63) is 47.8 Å². The van der Waals surface area contributed by atoms with Gasteiger partial charge in [-0.3, -0.25) is 4.40 Å². The molecule has 0 unspecified atom stereocenters. The van der Waals surface area contributed by atoms with Crippen molar-refractivity contribution in [2.24, 2.45) is 5.73 Å². The van der Waals surface area contributed by atoms with Gasteiger partial charge >= 0.3 is 0 Å². The quantitative estimate of drug-likeness (QED) is 0.586. The van der Waals surface area contributed by atoms with Crippen LogP contribution in [-0.2, 0) is 17.8 Å². The first-order valence-electron chi connectivity index (χ1n) is 9.38.